The molecule has 1 amide bonds. The average Bonchev–Trinajstić information content (AvgIpc) is 3.10. The first-order valence-corrected chi connectivity index (χ1v) is 9.64. The Hall–Kier alpha value is -0.850. The first-order valence-electron chi connectivity index (χ1n) is 8.39. The molecule has 8 heteroatoms. The highest BCUT2D eigenvalue weighted by atomic mass is 35.5. The maximum Gasteiger partial charge on any atom is 0.273 e. The molecule has 4 nitrogen and oxygen atoms in total. The summed E-state index contributed by atoms with van der Waals surface area (Å²) < 4.78 is 0. The van der Waals surface area contributed by atoms with Gasteiger partial charge in [-0.1, -0.05) is 30.7 Å². The molecule has 3 rings (SSSR count). The molecule has 0 atom stereocenters. The first-order chi connectivity index (χ1) is 11.7. The second-order valence-electron chi connectivity index (χ2n) is 6.09. The zero-order valence-electron chi connectivity index (χ0n) is 14.6. The number of hydrogen-bond acceptors (Lipinski definition) is 4. The number of rotatable bonds is 5. The topological polar surface area (TPSA) is 45.2 Å². The molecule has 0 aliphatic carbocycles. The van der Waals surface area contributed by atoms with Crippen molar-refractivity contribution >= 4 is 53.7 Å². The first kappa shape index (κ1) is 23.2. The normalized spacial score (nSPS) is 14.5. The SMILES string of the molecule is CCNCC1CCN(C(=O)c2csc(-c3ccc(Cl)cc3)n2)CC1.Cl.Cl. The maximum absolute atomic E-state index is 12.7. The highest BCUT2D eigenvalue weighted by Gasteiger charge is 2.25. The van der Waals surface area contributed by atoms with E-state index in [1.807, 2.05) is 34.5 Å². The van der Waals surface area contributed by atoms with E-state index in [0.717, 1.165) is 49.6 Å². The van der Waals surface area contributed by atoms with E-state index in [-0.39, 0.29) is 30.7 Å². The molecule has 26 heavy (non-hydrogen) atoms. The molecule has 0 unspecified atom stereocenters. The van der Waals surface area contributed by atoms with Gasteiger partial charge in [0.05, 0.1) is 0 Å². The quantitative estimate of drug-likeness (QED) is 0.734. The molecule has 0 radical (unpaired) electrons. The summed E-state index contributed by atoms with van der Waals surface area (Å²) in [5.74, 6) is 0.724. The van der Waals surface area contributed by atoms with Gasteiger partial charge in [0.25, 0.3) is 5.91 Å². The minimum absolute atomic E-state index is 0. The van der Waals surface area contributed by atoms with Crippen molar-refractivity contribution in [2.24, 2.45) is 5.92 Å². The fourth-order valence-corrected chi connectivity index (χ4v) is 3.87. The van der Waals surface area contributed by atoms with Crippen molar-refractivity contribution in [1.82, 2.24) is 15.2 Å². The van der Waals surface area contributed by atoms with Gasteiger partial charge in [-0.15, -0.1) is 36.2 Å². The van der Waals surface area contributed by atoms with Crippen LogP contribution in [0.4, 0.5) is 0 Å². The summed E-state index contributed by atoms with van der Waals surface area (Å²) in [6.07, 6.45) is 2.12. The van der Waals surface area contributed by atoms with Gasteiger partial charge in [0.2, 0.25) is 0 Å². The Morgan fingerprint density at radius 2 is 1.92 bits per heavy atom. The van der Waals surface area contributed by atoms with E-state index in [4.69, 9.17) is 11.6 Å². The zero-order valence-corrected chi connectivity index (χ0v) is 17.8. The van der Waals surface area contributed by atoms with E-state index >= 15 is 0 Å². The predicted molar refractivity (Wildman–Crippen MR) is 114 cm³/mol. The number of carbonyl (C=O) groups excluding carboxylic acids is 1. The Morgan fingerprint density at radius 1 is 1.27 bits per heavy atom. The van der Waals surface area contributed by atoms with Gasteiger partial charge in [-0.25, -0.2) is 4.98 Å². The fourth-order valence-electron chi connectivity index (χ4n) is 2.95. The molecular formula is C18H24Cl3N3OS. The lowest BCUT2D eigenvalue weighted by Gasteiger charge is -2.31. The molecule has 2 heterocycles. The van der Waals surface area contributed by atoms with Crippen molar-refractivity contribution in [2.45, 2.75) is 19.8 Å². The molecule has 2 aromatic rings. The lowest BCUT2D eigenvalue weighted by Crippen LogP contribution is -2.40. The summed E-state index contributed by atoms with van der Waals surface area (Å²) in [6, 6.07) is 7.55. The lowest BCUT2D eigenvalue weighted by atomic mass is 9.96. The number of piperidine rings is 1. The highest BCUT2D eigenvalue weighted by Crippen LogP contribution is 2.26. The summed E-state index contributed by atoms with van der Waals surface area (Å²) in [4.78, 5) is 19.1. The number of nitrogens with zero attached hydrogens (tertiary/aromatic N) is 2. The Labute approximate surface area is 176 Å². The molecule has 1 aromatic carbocycles. The van der Waals surface area contributed by atoms with Crippen LogP contribution in [-0.4, -0.2) is 42.0 Å². The Morgan fingerprint density at radius 3 is 2.54 bits per heavy atom. The second kappa shape index (κ2) is 11.1. The van der Waals surface area contributed by atoms with E-state index in [1.54, 1.807) is 0 Å². The van der Waals surface area contributed by atoms with Crippen LogP contribution in [0.2, 0.25) is 5.02 Å². The third-order valence-electron chi connectivity index (χ3n) is 4.40. The van der Waals surface area contributed by atoms with Gasteiger partial charge in [0.1, 0.15) is 10.7 Å². The summed E-state index contributed by atoms with van der Waals surface area (Å²) in [5.41, 5.74) is 1.54. The molecule has 144 valence electrons. The molecule has 1 fully saturated rings. The van der Waals surface area contributed by atoms with Crippen molar-refractivity contribution in [3.8, 4) is 10.6 Å². The number of hydrogen-bond donors (Lipinski definition) is 1. The van der Waals surface area contributed by atoms with Crippen molar-refractivity contribution in [3.63, 3.8) is 0 Å². The number of halogens is 3. The minimum Gasteiger partial charge on any atom is -0.337 e. The van der Waals surface area contributed by atoms with Crippen LogP contribution in [0.15, 0.2) is 29.6 Å². The van der Waals surface area contributed by atoms with Crippen LogP contribution >= 0.6 is 47.8 Å². The smallest absolute Gasteiger partial charge is 0.273 e. The van der Waals surface area contributed by atoms with Crippen molar-refractivity contribution in [2.75, 3.05) is 26.2 Å². The van der Waals surface area contributed by atoms with Crippen LogP contribution in [0.1, 0.15) is 30.3 Å². The van der Waals surface area contributed by atoms with Gasteiger partial charge in [-0.05, 0) is 44.0 Å². The third kappa shape index (κ3) is 5.83. The predicted octanol–water partition coefficient (Wildman–Crippen LogP) is 4.77. The van der Waals surface area contributed by atoms with Crippen LogP contribution in [0.3, 0.4) is 0 Å². The average molecular weight is 437 g/mol. The number of aromatic nitrogens is 1. The minimum atomic E-state index is 0. The Balaban J connectivity index is 0.00000169. The standard InChI is InChI=1S/C18H22ClN3OS.2ClH/c1-2-20-11-13-7-9-22(10-8-13)18(23)16-12-24-17(21-16)14-3-5-15(19)6-4-14;;/h3-6,12-13,20H,2,7-11H2,1H3;2*1H. The molecule has 0 bridgehead atoms. The lowest BCUT2D eigenvalue weighted by molar-refractivity contribution is 0.0685. The second-order valence-corrected chi connectivity index (χ2v) is 7.38. The van der Waals surface area contributed by atoms with E-state index in [1.165, 1.54) is 11.3 Å². The summed E-state index contributed by atoms with van der Waals surface area (Å²) >= 11 is 7.42. The van der Waals surface area contributed by atoms with Gasteiger partial charge < -0.3 is 10.2 Å². The van der Waals surface area contributed by atoms with E-state index in [2.05, 4.69) is 17.2 Å². The van der Waals surface area contributed by atoms with Crippen LogP contribution < -0.4 is 5.32 Å². The summed E-state index contributed by atoms with van der Waals surface area (Å²) in [6.45, 7) is 5.83. The Kier molecular flexibility index (Phi) is 9.90. The molecule has 1 aliphatic rings. The molecule has 1 N–H and O–H groups in total. The van der Waals surface area contributed by atoms with Gasteiger partial charge in [-0.2, -0.15) is 0 Å². The monoisotopic (exact) mass is 435 g/mol. The van der Waals surface area contributed by atoms with Crippen LogP contribution in [0.25, 0.3) is 10.6 Å². The van der Waals surface area contributed by atoms with Crippen LogP contribution in [-0.2, 0) is 0 Å². The largest absolute Gasteiger partial charge is 0.337 e. The van der Waals surface area contributed by atoms with Gasteiger partial charge in [-0.3, -0.25) is 4.79 Å². The van der Waals surface area contributed by atoms with Crippen molar-refractivity contribution < 1.29 is 4.79 Å². The van der Waals surface area contributed by atoms with Crippen molar-refractivity contribution in [1.29, 1.82) is 0 Å². The number of likely N-dealkylation sites (tertiary alicyclic amines) is 1. The molecule has 0 saturated carbocycles. The van der Waals surface area contributed by atoms with E-state index in [0.29, 0.717) is 16.6 Å². The molecule has 1 aliphatic heterocycles. The number of thiazole rings is 1. The van der Waals surface area contributed by atoms with Crippen LogP contribution in [0.5, 0.6) is 0 Å². The van der Waals surface area contributed by atoms with E-state index < -0.39 is 0 Å². The van der Waals surface area contributed by atoms with Gasteiger partial charge >= 0.3 is 0 Å². The number of amides is 1. The number of nitrogens with one attached hydrogen (secondary N) is 1. The van der Waals surface area contributed by atoms with Crippen LogP contribution in [0, 0.1) is 5.92 Å². The summed E-state index contributed by atoms with van der Waals surface area (Å²) in [7, 11) is 0. The van der Waals surface area contributed by atoms with E-state index in [9.17, 15) is 4.79 Å². The number of benzene rings is 1. The number of carbonyl (C=O) groups is 1. The van der Waals surface area contributed by atoms with Gasteiger partial charge in [0.15, 0.2) is 0 Å². The third-order valence-corrected chi connectivity index (χ3v) is 5.54. The summed E-state index contributed by atoms with van der Waals surface area (Å²) in [5, 5.41) is 6.81. The fraction of sp³-hybridized carbons (Fsp3) is 0.444. The molecule has 1 aromatic heterocycles. The molecule has 0 spiro atoms. The zero-order chi connectivity index (χ0) is 16.9. The molecular weight excluding hydrogens is 413 g/mol. The molecule has 1 saturated heterocycles. The van der Waals surface area contributed by atoms with Gasteiger partial charge in [0, 0.05) is 29.1 Å². The van der Waals surface area contributed by atoms with Crippen molar-refractivity contribution in [3.05, 3.63) is 40.4 Å². The maximum atomic E-state index is 12.7. The highest BCUT2D eigenvalue weighted by molar-refractivity contribution is 7.13. The Bertz CT molecular complexity index is 685.